The number of hydrogen-bond donors (Lipinski definition) is 1. The molecule has 1 aliphatic heterocycles. The van der Waals surface area contributed by atoms with E-state index in [4.69, 9.17) is 10.5 Å². The Morgan fingerprint density at radius 2 is 1.68 bits per heavy atom. The van der Waals surface area contributed by atoms with E-state index in [0.717, 1.165) is 17.7 Å². The van der Waals surface area contributed by atoms with E-state index in [9.17, 15) is 9.59 Å². The molecular weight excluding hydrogens is 318 g/mol. The summed E-state index contributed by atoms with van der Waals surface area (Å²) in [6, 6.07) is 7.78. The molecule has 0 spiro atoms. The summed E-state index contributed by atoms with van der Waals surface area (Å²) in [4.78, 5) is 28.4. The summed E-state index contributed by atoms with van der Waals surface area (Å²) in [5, 5.41) is 0. The molecule has 2 rings (SSSR count). The van der Waals surface area contributed by atoms with Gasteiger partial charge >= 0.3 is 0 Å². The maximum absolute atomic E-state index is 12.5. The maximum Gasteiger partial charge on any atom is 0.242 e. The van der Waals surface area contributed by atoms with E-state index < -0.39 is 5.54 Å². The molecule has 0 saturated carbocycles. The van der Waals surface area contributed by atoms with Gasteiger partial charge in [-0.1, -0.05) is 12.1 Å². The first-order valence-corrected chi connectivity index (χ1v) is 8.80. The van der Waals surface area contributed by atoms with E-state index in [2.05, 4.69) is 0 Å². The third-order valence-electron chi connectivity index (χ3n) is 4.47. The molecule has 0 aliphatic carbocycles. The molecule has 1 heterocycles. The van der Waals surface area contributed by atoms with Crippen LogP contribution >= 0.6 is 0 Å². The Kier molecular flexibility index (Phi) is 6.42. The Bertz CT molecular complexity index is 593. The Balaban J connectivity index is 1.84. The van der Waals surface area contributed by atoms with Gasteiger partial charge in [0.2, 0.25) is 11.8 Å². The molecule has 0 bridgehead atoms. The van der Waals surface area contributed by atoms with Crippen molar-refractivity contribution < 1.29 is 14.3 Å². The van der Waals surface area contributed by atoms with Gasteiger partial charge in [0, 0.05) is 32.6 Å². The molecule has 25 heavy (non-hydrogen) atoms. The number of nitrogens with two attached hydrogens (primary N) is 1. The smallest absolute Gasteiger partial charge is 0.242 e. The fourth-order valence-electron chi connectivity index (χ4n) is 2.98. The summed E-state index contributed by atoms with van der Waals surface area (Å²) in [5.74, 6) is 0.896. The normalized spacial score (nSPS) is 15.7. The Morgan fingerprint density at radius 1 is 1.08 bits per heavy atom. The molecule has 1 saturated heterocycles. The van der Waals surface area contributed by atoms with Crippen LogP contribution in [-0.2, 0) is 16.0 Å². The van der Waals surface area contributed by atoms with E-state index in [1.54, 1.807) is 25.9 Å². The van der Waals surface area contributed by atoms with Crippen LogP contribution in [-0.4, -0.2) is 60.4 Å². The second-order valence-electron chi connectivity index (χ2n) is 7.10. The van der Waals surface area contributed by atoms with Crippen molar-refractivity contribution in [1.82, 2.24) is 9.80 Å². The van der Waals surface area contributed by atoms with Gasteiger partial charge in [0.15, 0.2) is 0 Å². The number of ether oxygens (including phenoxy) is 1. The van der Waals surface area contributed by atoms with Crippen molar-refractivity contribution in [3.63, 3.8) is 0 Å². The summed E-state index contributed by atoms with van der Waals surface area (Å²) < 4.78 is 5.14. The molecule has 2 N–H and O–H groups in total. The van der Waals surface area contributed by atoms with Crippen LogP contribution in [0.15, 0.2) is 24.3 Å². The Morgan fingerprint density at radius 3 is 2.28 bits per heavy atom. The largest absolute Gasteiger partial charge is 0.497 e. The lowest BCUT2D eigenvalue weighted by atomic mass is 10.1. The second-order valence-corrected chi connectivity index (χ2v) is 7.10. The predicted octanol–water partition coefficient (Wildman–Crippen LogP) is 1.43. The summed E-state index contributed by atoms with van der Waals surface area (Å²) in [7, 11) is 1.64. The minimum Gasteiger partial charge on any atom is -0.497 e. The van der Waals surface area contributed by atoms with Crippen molar-refractivity contribution in [3.05, 3.63) is 29.8 Å². The van der Waals surface area contributed by atoms with Crippen molar-refractivity contribution in [2.24, 2.45) is 5.73 Å². The van der Waals surface area contributed by atoms with Gasteiger partial charge in [-0.2, -0.15) is 0 Å². The Hall–Kier alpha value is -2.08. The number of aryl methyl sites for hydroxylation is 1. The average Bonchev–Trinajstić information content (AvgIpc) is 2.84. The van der Waals surface area contributed by atoms with Crippen molar-refractivity contribution in [2.45, 2.75) is 38.6 Å². The fraction of sp³-hybridized carbons (Fsp3) is 0.579. The van der Waals surface area contributed by atoms with Crippen LogP contribution in [0.4, 0.5) is 0 Å². The minimum absolute atomic E-state index is 0.0555. The highest BCUT2D eigenvalue weighted by molar-refractivity contribution is 5.85. The molecule has 0 atom stereocenters. The van der Waals surface area contributed by atoms with Gasteiger partial charge < -0.3 is 20.3 Å². The first-order chi connectivity index (χ1) is 11.8. The lowest BCUT2D eigenvalue weighted by molar-refractivity contribution is -0.136. The first-order valence-electron chi connectivity index (χ1n) is 8.80. The maximum atomic E-state index is 12.5. The SMILES string of the molecule is COc1ccc(CCC(=O)N2CCCN(C(=O)C(C)(C)N)CC2)cc1. The van der Waals surface area contributed by atoms with E-state index >= 15 is 0 Å². The zero-order valence-electron chi connectivity index (χ0n) is 15.5. The molecule has 0 aromatic heterocycles. The van der Waals surface area contributed by atoms with Crippen LogP contribution in [0.5, 0.6) is 5.75 Å². The molecular formula is C19H29N3O3. The predicted molar refractivity (Wildman–Crippen MR) is 97.4 cm³/mol. The molecule has 138 valence electrons. The van der Waals surface area contributed by atoms with E-state index in [1.807, 2.05) is 29.2 Å². The van der Waals surface area contributed by atoms with Gasteiger partial charge in [-0.05, 0) is 44.4 Å². The van der Waals surface area contributed by atoms with Gasteiger partial charge in [0.05, 0.1) is 12.6 Å². The van der Waals surface area contributed by atoms with Crippen LogP contribution in [0.25, 0.3) is 0 Å². The van der Waals surface area contributed by atoms with E-state index in [0.29, 0.717) is 39.0 Å². The van der Waals surface area contributed by atoms with Crippen LogP contribution in [0, 0.1) is 0 Å². The van der Waals surface area contributed by atoms with Gasteiger partial charge in [0.1, 0.15) is 5.75 Å². The monoisotopic (exact) mass is 347 g/mol. The quantitative estimate of drug-likeness (QED) is 0.874. The summed E-state index contributed by atoms with van der Waals surface area (Å²) in [6.07, 6.45) is 1.97. The number of amides is 2. The molecule has 1 aliphatic rings. The lowest BCUT2D eigenvalue weighted by Gasteiger charge is -2.28. The number of benzene rings is 1. The van der Waals surface area contributed by atoms with Crippen molar-refractivity contribution in [2.75, 3.05) is 33.3 Å². The number of carbonyl (C=O) groups is 2. The topological polar surface area (TPSA) is 75.9 Å². The first kappa shape index (κ1) is 19.2. The van der Waals surface area contributed by atoms with Gasteiger partial charge in [-0.3, -0.25) is 9.59 Å². The molecule has 1 aromatic carbocycles. The van der Waals surface area contributed by atoms with Crippen LogP contribution in [0.2, 0.25) is 0 Å². The highest BCUT2D eigenvalue weighted by atomic mass is 16.5. The van der Waals surface area contributed by atoms with Crippen LogP contribution in [0.3, 0.4) is 0 Å². The molecule has 0 unspecified atom stereocenters. The third-order valence-corrected chi connectivity index (χ3v) is 4.47. The summed E-state index contributed by atoms with van der Waals surface area (Å²) in [5.41, 5.74) is 6.16. The number of carbonyl (C=O) groups excluding carboxylic acids is 2. The lowest BCUT2D eigenvalue weighted by Crippen LogP contribution is -2.52. The fourth-order valence-corrected chi connectivity index (χ4v) is 2.98. The molecule has 6 heteroatoms. The standard InChI is InChI=1S/C19H29N3O3/c1-19(2,20)18(24)22-12-4-11-21(13-14-22)17(23)10-7-15-5-8-16(25-3)9-6-15/h5-6,8-9H,4,7,10-14,20H2,1-3H3. The minimum atomic E-state index is -0.868. The van der Waals surface area contributed by atoms with E-state index in [-0.39, 0.29) is 11.8 Å². The zero-order valence-corrected chi connectivity index (χ0v) is 15.5. The molecule has 1 aromatic rings. The van der Waals surface area contributed by atoms with Crippen LogP contribution in [0.1, 0.15) is 32.3 Å². The zero-order chi connectivity index (χ0) is 18.4. The Labute approximate surface area is 149 Å². The van der Waals surface area contributed by atoms with Crippen LogP contribution < -0.4 is 10.5 Å². The molecule has 1 fully saturated rings. The van der Waals surface area contributed by atoms with Crippen molar-refractivity contribution >= 4 is 11.8 Å². The number of methoxy groups -OCH3 is 1. The molecule has 6 nitrogen and oxygen atoms in total. The molecule has 0 radical (unpaired) electrons. The van der Waals surface area contributed by atoms with Gasteiger partial charge in [-0.25, -0.2) is 0 Å². The van der Waals surface area contributed by atoms with E-state index in [1.165, 1.54) is 0 Å². The highest BCUT2D eigenvalue weighted by Gasteiger charge is 2.29. The van der Waals surface area contributed by atoms with Crippen molar-refractivity contribution in [3.8, 4) is 5.75 Å². The third kappa shape index (κ3) is 5.46. The number of nitrogens with zero attached hydrogens (tertiary/aromatic N) is 2. The molecule has 2 amide bonds. The summed E-state index contributed by atoms with van der Waals surface area (Å²) >= 11 is 0. The highest BCUT2D eigenvalue weighted by Crippen LogP contribution is 2.14. The average molecular weight is 347 g/mol. The number of hydrogen-bond acceptors (Lipinski definition) is 4. The van der Waals surface area contributed by atoms with Gasteiger partial charge in [-0.15, -0.1) is 0 Å². The second kappa shape index (κ2) is 8.34. The van der Waals surface area contributed by atoms with Crippen molar-refractivity contribution in [1.29, 1.82) is 0 Å². The van der Waals surface area contributed by atoms with Gasteiger partial charge in [0.25, 0.3) is 0 Å². The number of rotatable bonds is 5. The summed E-state index contributed by atoms with van der Waals surface area (Å²) in [6.45, 7) is 5.91.